The SMILES string of the molecule is CN(Cc1ccc(Cl)s1)C(=O)C(N)CCC(=O)O. The summed E-state index contributed by atoms with van der Waals surface area (Å²) in [4.78, 5) is 24.7. The minimum atomic E-state index is -0.953. The summed E-state index contributed by atoms with van der Waals surface area (Å²) in [5.74, 6) is -1.22. The molecule has 0 saturated carbocycles. The van der Waals surface area contributed by atoms with Crippen molar-refractivity contribution in [2.45, 2.75) is 25.4 Å². The van der Waals surface area contributed by atoms with Crippen molar-refractivity contribution in [2.24, 2.45) is 5.73 Å². The Morgan fingerprint density at radius 1 is 1.56 bits per heavy atom. The molecule has 0 aliphatic carbocycles. The molecule has 1 heterocycles. The van der Waals surface area contributed by atoms with Gasteiger partial charge in [0.05, 0.1) is 16.9 Å². The molecule has 1 amide bonds. The zero-order valence-electron chi connectivity index (χ0n) is 9.93. The van der Waals surface area contributed by atoms with Gasteiger partial charge in [-0.05, 0) is 18.6 Å². The topological polar surface area (TPSA) is 83.6 Å². The van der Waals surface area contributed by atoms with Crippen LogP contribution in [0, 0.1) is 0 Å². The van der Waals surface area contributed by atoms with Crippen molar-refractivity contribution in [2.75, 3.05) is 7.05 Å². The minimum absolute atomic E-state index is 0.106. The van der Waals surface area contributed by atoms with Crippen LogP contribution in [0.5, 0.6) is 0 Å². The summed E-state index contributed by atoms with van der Waals surface area (Å²) in [6.07, 6.45) is 0.0370. The van der Waals surface area contributed by atoms with Crippen molar-refractivity contribution < 1.29 is 14.7 Å². The number of aliphatic carboxylic acids is 1. The molecule has 1 unspecified atom stereocenters. The standard InChI is InChI=1S/C11H15ClN2O3S/c1-14(6-7-2-4-9(12)18-7)11(17)8(13)3-5-10(15)16/h2,4,8H,3,5-6,13H2,1H3,(H,15,16). The predicted octanol–water partition coefficient (Wildman–Crippen LogP) is 1.55. The number of hydrogen-bond donors (Lipinski definition) is 2. The summed E-state index contributed by atoms with van der Waals surface area (Å²) < 4.78 is 0.668. The normalized spacial score (nSPS) is 12.2. The van der Waals surface area contributed by atoms with E-state index in [1.807, 2.05) is 6.07 Å². The summed E-state index contributed by atoms with van der Waals surface area (Å²) in [7, 11) is 1.64. The lowest BCUT2D eigenvalue weighted by Gasteiger charge is -2.20. The fourth-order valence-electron chi connectivity index (χ4n) is 1.43. The van der Waals surface area contributed by atoms with Crippen molar-refractivity contribution >= 4 is 34.8 Å². The molecule has 1 aromatic rings. The Morgan fingerprint density at radius 3 is 2.72 bits per heavy atom. The lowest BCUT2D eigenvalue weighted by Crippen LogP contribution is -2.41. The van der Waals surface area contributed by atoms with Gasteiger partial charge in [0.15, 0.2) is 0 Å². The third-order valence-corrected chi connectivity index (χ3v) is 3.60. The number of nitrogens with two attached hydrogens (primary N) is 1. The van der Waals surface area contributed by atoms with Crippen LogP contribution in [0.2, 0.25) is 4.34 Å². The van der Waals surface area contributed by atoms with Crippen molar-refractivity contribution in [3.63, 3.8) is 0 Å². The van der Waals surface area contributed by atoms with Gasteiger partial charge < -0.3 is 15.7 Å². The first-order chi connectivity index (χ1) is 8.40. The Labute approximate surface area is 114 Å². The monoisotopic (exact) mass is 290 g/mol. The Bertz CT molecular complexity index is 436. The molecule has 0 aliphatic rings. The molecule has 0 spiro atoms. The molecule has 3 N–H and O–H groups in total. The van der Waals surface area contributed by atoms with Gasteiger partial charge in [0.2, 0.25) is 5.91 Å². The molecule has 0 bridgehead atoms. The molecule has 0 saturated heterocycles. The Balaban J connectivity index is 2.47. The van der Waals surface area contributed by atoms with Gasteiger partial charge in [-0.15, -0.1) is 11.3 Å². The first-order valence-electron chi connectivity index (χ1n) is 5.36. The third-order valence-electron chi connectivity index (χ3n) is 2.38. The van der Waals surface area contributed by atoms with E-state index in [0.717, 1.165) is 4.88 Å². The number of carbonyl (C=O) groups excluding carboxylic acids is 1. The van der Waals surface area contributed by atoms with E-state index in [0.29, 0.717) is 10.9 Å². The Morgan fingerprint density at radius 2 is 2.22 bits per heavy atom. The average Bonchev–Trinajstić information content (AvgIpc) is 2.70. The second kappa shape index (κ2) is 6.72. The number of amides is 1. The van der Waals surface area contributed by atoms with Crippen molar-refractivity contribution in [1.82, 2.24) is 4.90 Å². The van der Waals surface area contributed by atoms with Gasteiger partial charge in [-0.2, -0.15) is 0 Å². The van der Waals surface area contributed by atoms with Crippen LogP contribution in [0.25, 0.3) is 0 Å². The van der Waals surface area contributed by atoms with Gasteiger partial charge in [0.25, 0.3) is 0 Å². The predicted molar refractivity (Wildman–Crippen MR) is 70.6 cm³/mol. The van der Waals surface area contributed by atoms with Crippen LogP contribution < -0.4 is 5.73 Å². The maximum Gasteiger partial charge on any atom is 0.303 e. The lowest BCUT2D eigenvalue weighted by molar-refractivity contribution is -0.137. The Hall–Kier alpha value is -1.11. The number of carboxylic acid groups (broad SMARTS) is 1. The highest BCUT2D eigenvalue weighted by molar-refractivity contribution is 7.16. The first-order valence-corrected chi connectivity index (χ1v) is 6.56. The van der Waals surface area contributed by atoms with E-state index in [9.17, 15) is 9.59 Å². The lowest BCUT2D eigenvalue weighted by atomic mass is 10.1. The average molecular weight is 291 g/mol. The molecule has 100 valence electrons. The Kier molecular flexibility index (Phi) is 5.58. The van der Waals surface area contributed by atoms with E-state index in [4.69, 9.17) is 22.4 Å². The maximum atomic E-state index is 11.8. The summed E-state index contributed by atoms with van der Waals surface area (Å²) in [6.45, 7) is 0.428. The second-order valence-electron chi connectivity index (χ2n) is 3.94. The van der Waals surface area contributed by atoms with Crippen LogP contribution in [-0.4, -0.2) is 35.0 Å². The van der Waals surface area contributed by atoms with E-state index in [2.05, 4.69) is 0 Å². The van der Waals surface area contributed by atoms with E-state index >= 15 is 0 Å². The molecule has 0 fully saturated rings. The third kappa shape index (κ3) is 4.64. The number of likely N-dealkylation sites (N-methyl/N-ethyl adjacent to an activating group) is 1. The molecule has 0 aliphatic heterocycles. The summed E-state index contributed by atoms with van der Waals surface area (Å²) in [5.41, 5.74) is 5.65. The molecule has 0 aromatic carbocycles. The smallest absolute Gasteiger partial charge is 0.303 e. The van der Waals surface area contributed by atoms with Crippen LogP contribution >= 0.6 is 22.9 Å². The molecule has 0 radical (unpaired) electrons. The zero-order valence-corrected chi connectivity index (χ0v) is 11.5. The summed E-state index contributed by atoms with van der Waals surface area (Å²) in [5, 5.41) is 8.53. The summed E-state index contributed by atoms with van der Waals surface area (Å²) in [6, 6.07) is 2.84. The van der Waals surface area contributed by atoms with Crippen LogP contribution in [-0.2, 0) is 16.1 Å². The highest BCUT2D eigenvalue weighted by atomic mass is 35.5. The fourth-order valence-corrected chi connectivity index (χ4v) is 2.58. The number of carbonyl (C=O) groups is 2. The number of thiophene rings is 1. The van der Waals surface area contributed by atoms with Gasteiger partial charge in [-0.1, -0.05) is 11.6 Å². The quantitative estimate of drug-likeness (QED) is 0.832. The van der Waals surface area contributed by atoms with Gasteiger partial charge in [-0.25, -0.2) is 0 Å². The van der Waals surface area contributed by atoms with Crippen molar-refractivity contribution in [3.8, 4) is 0 Å². The van der Waals surface area contributed by atoms with Crippen LogP contribution in [0.1, 0.15) is 17.7 Å². The van der Waals surface area contributed by atoms with Crippen molar-refractivity contribution in [1.29, 1.82) is 0 Å². The number of halogens is 1. The highest BCUT2D eigenvalue weighted by Crippen LogP contribution is 2.22. The number of nitrogens with zero attached hydrogens (tertiary/aromatic N) is 1. The molecule has 18 heavy (non-hydrogen) atoms. The zero-order chi connectivity index (χ0) is 13.7. The fraction of sp³-hybridized carbons (Fsp3) is 0.455. The van der Waals surface area contributed by atoms with Gasteiger partial charge in [0.1, 0.15) is 0 Å². The maximum absolute atomic E-state index is 11.8. The van der Waals surface area contributed by atoms with Crippen molar-refractivity contribution in [3.05, 3.63) is 21.3 Å². The van der Waals surface area contributed by atoms with E-state index in [-0.39, 0.29) is 18.7 Å². The van der Waals surface area contributed by atoms with E-state index in [1.165, 1.54) is 16.2 Å². The number of hydrogen-bond acceptors (Lipinski definition) is 4. The van der Waals surface area contributed by atoms with E-state index < -0.39 is 12.0 Å². The van der Waals surface area contributed by atoms with Crippen LogP contribution in [0.4, 0.5) is 0 Å². The van der Waals surface area contributed by atoms with Crippen LogP contribution in [0.15, 0.2) is 12.1 Å². The number of rotatable bonds is 6. The summed E-state index contributed by atoms with van der Waals surface area (Å²) >= 11 is 7.20. The van der Waals surface area contributed by atoms with Gasteiger partial charge in [0, 0.05) is 18.3 Å². The van der Waals surface area contributed by atoms with Crippen LogP contribution in [0.3, 0.4) is 0 Å². The van der Waals surface area contributed by atoms with Gasteiger partial charge in [-0.3, -0.25) is 9.59 Å². The highest BCUT2D eigenvalue weighted by Gasteiger charge is 2.19. The first kappa shape index (κ1) is 14.9. The van der Waals surface area contributed by atoms with E-state index in [1.54, 1.807) is 13.1 Å². The molecule has 7 heteroatoms. The second-order valence-corrected chi connectivity index (χ2v) is 5.74. The molecular formula is C11H15ClN2O3S. The minimum Gasteiger partial charge on any atom is -0.481 e. The largest absolute Gasteiger partial charge is 0.481 e. The number of carboxylic acids is 1. The molecule has 1 aromatic heterocycles. The molecule has 5 nitrogen and oxygen atoms in total. The van der Waals surface area contributed by atoms with Gasteiger partial charge >= 0.3 is 5.97 Å². The molecular weight excluding hydrogens is 276 g/mol. The molecule has 1 atom stereocenters. The molecule has 1 rings (SSSR count).